The van der Waals surface area contributed by atoms with Gasteiger partial charge in [0.2, 0.25) is 0 Å². The van der Waals surface area contributed by atoms with Gasteiger partial charge in [-0.25, -0.2) is 0 Å². The Bertz CT molecular complexity index is 2220. The maximum atomic E-state index is 10.8. The number of rotatable bonds is 0. The van der Waals surface area contributed by atoms with Gasteiger partial charge >= 0.3 is 0 Å². The van der Waals surface area contributed by atoms with Crippen LogP contribution in [0, 0.1) is 22.7 Å². The van der Waals surface area contributed by atoms with Crippen LogP contribution in [-0.2, 0) is 0 Å². The van der Waals surface area contributed by atoms with Gasteiger partial charge in [-0.05, 0) is 34.4 Å². The van der Waals surface area contributed by atoms with Gasteiger partial charge in [-0.1, -0.05) is 86.6 Å². The molecule has 4 heterocycles. The smallest absolute Gasteiger partial charge is 0.103 e. The van der Waals surface area contributed by atoms with Gasteiger partial charge in [-0.2, -0.15) is 10.5 Å². The number of aromatic nitrogens is 2. The topological polar surface area (TPSA) is 57.4 Å². The molecule has 0 saturated heterocycles. The molecule has 0 fully saturated rings. The van der Waals surface area contributed by atoms with Crippen LogP contribution in [0.25, 0.3) is 55.0 Å². The van der Waals surface area contributed by atoms with E-state index in [1.807, 2.05) is 0 Å². The fourth-order valence-electron chi connectivity index (χ4n) is 7.88. The summed E-state index contributed by atoms with van der Waals surface area (Å²) in [5.74, 6) is 0.100. The highest BCUT2D eigenvalue weighted by molar-refractivity contribution is 6.13. The molecule has 4 nitrogen and oxygen atoms in total. The Kier molecular flexibility index (Phi) is 3.89. The standard InChI is InChI=1S/C36H22N4/c1-19-21-11-7-13-25-23-9-3-5-15-29(23)39(33(21)25)35-27(17-37)28(18-38)36-32(31(19)35)20(2)22-12-8-14-26-24-10-4-6-16-30(24)40(36)34(22)26/h3-16,19-20H,1-2H3. The van der Waals surface area contributed by atoms with Gasteiger partial charge < -0.3 is 9.13 Å². The van der Waals surface area contributed by atoms with Gasteiger partial charge in [0.15, 0.2) is 0 Å². The van der Waals surface area contributed by atoms with Crippen LogP contribution < -0.4 is 0 Å². The number of para-hydroxylation sites is 4. The first-order valence-electron chi connectivity index (χ1n) is 13.7. The second-order valence-corrected chi connectivity index (χ2v) is 11.1. The molecular weight excluding hydrogens is 488 g/mol. The van der Waals surface area contributed by atoms with Crippen molar-refractivity contribution in [2.24, 2.45) is 0 Å². The Labute approximate surface area is 230 Å². The highest BCUT2D eigenvalue weighted by Gasteiger charge is 2.39. The lowest BCUT2D eigenvalue weighted by atomic mass is 9.75. The first kappa shape index (κ1) is 21.6. The van der Waals surface area contributed by atoms with E-state index in [4.69, 9.17) is 0 Å². The summed E-state index contributed by atoms with van der Waals surface area (Å²) in [6.07, 6.45) is 0. The third-order valence-corrected chi connectivity index (χ3v) is 9.45. The van der Waals surface area contributed by atoms with Crippen LogP contribution >= 0.6 is 0 Å². The van der Waals surface area contributed by atoms with E-state index in [-0.39, 0.29) is 11.8 Å². The Morgan fingerprint density at radius 1 is 0.525 bits per heavy atom. The number of hydrogen-bond donors (Lipinski definition) is 0. The Balaban J connectivity index is 1.58. The van der Waals surface area contributed by atoms with Crippen molar-refractivity contribution < 1.29 is 0 Å². The molecule has 0 N–H and O–H groups in total. The monoisotopic (exact) mass is 510 g/mol. The predicted octanol–water partition coefficient (Wildman–Crippen LogP) is 8.55. The average Bonchev–Trinajstić information content (AvgIpc) is 3.51. The number of fused-ring (bicyclic) bond motifs is 11. The van der Waals surface area contributed by atoms with E-state index in [9.17, 15) is 10.5 Å². The van der Waals surface area contributed by atoms with Crippen molar-refractivity contribution in [3.05, 3.63) is 118 Å². The van der Waals surface area contributed by atoms with E-state index in [2.05, 4.69) is 120 Å². The van der Waals surface area contributed by atoms with Gasteiger partial charge in [-0.15, -0.1) is 0 Å². The first-order chi connectivity index (χ1) is 19.7. The maximum absolute atomic E-state index is 10.8. The van der Waals surface area contributed by atoms with Crippen LogP contribution in [0.4, 0.5) is 0 Å². The summed E-state index contributed by atoms with van der Waals surface area (Å²) >= 11 is 0. The normalized spacial score (nSPS) is 16.7. The van der Waals surface area contributed by atoms with Crippen LogP contribution in [-0.4, -0.2) is 9.13 Å². The van der Waals surface area contributed by atoms with Gasteiger partial charge in [0.25, 0.3) is 0 Å². The number of nitrogens with zero attached hydrogens (tertiary/aromatic N) is 4. The lowest BCUT2D eigenvalue weighted by Crippen LogP contribution is -2.23. The molecular formula is C36H22N4. The summed E-state index contributed by atoms with van der Waals surface area (Å²) in [5.41, 5.74) is 11.9. The number of hydrogen-bond acceptors (Lipinski definition) is 2. The van der Waals surface area contributed by atoms with Crippen LogP contribution in [0.15, 0.2) is 84.9 Å². The highest BCUT2D eigenvalue weighted by Crippen LogP contribution is 2.54. The predicted molar refractivity (Wildman–Crippen MR) is 160 cm³/mol. The molecule has 0 bridgehead atoms. The van der Waals surface area contributed by atoms with Gasteiger partial charge in [0, 0.05) is 33.4 Å². The highest BCUT2D eigenvalue weighted by atomic mass is 15.0. The van der Waals surface area contributed by atoms with E-state index in [0.29, 0.717) is 11.1 Å². The molecule has 4 heteroatoms. The van der Waals surface area contributed by atoms with E-state index in [1.54, 1.807) is 0 Å². The SMILES string of the molecule is CC1c2c3c(c(C#N)c(C#N)c2-n2c4ccccc4c4cccc1c42)-n1c2ccccc2c2cccc(c21)C3C. The molecule has 5 aromatic carbocycles. The largest absolute Gasteiger partial charge is 0.307 e. The zero-order valence-corrected chi connectivity index (χ0v) is 22.0. The molecule has 0 saturated carbocycles. The summed E-state index contributed by atoms with van der Waals surface area (Å²) < 4.78 is 4.54. The molecule has 2 aromatic heterocycles. The zero-order chi connectivity index (χ0) is 26.9. The molecule has 40 heavy (non-hydrogen) atoms. The van der Waals surface area contributed by atoms with Gasteiger partial charge in [0.1, 0.15) is 12.1 Å². The van der Waals surface area contributed by atoms with E-state index >= 15 is 0 Å². The minimum absolute atomic E-state index is 0.0501. The lowest BCUT2D eigenvalue weighted by Gasteiger charge is -2.36. The van der Waals surface area contributed by atoms with Crippen molar-refractivity contribution in [1.29, 1.82) is 10.5 Å². The van der Waals surface area contributed by atoms with E-state index in [1.165, 1.54) is 21.9 Å². The van der Waals surface area contributed by atoms with Crippen LogP contribution in [0.3, 0.4) is 0 Å². The summed E-state index contributed by atoms with van der Waals surface area (Å²) in [7, 11) is 0. The maximum Gasteiger partial charge on any atom is 0.103 e. The van der Waals surface area contributed by atoms with Gasteiger partial charge in [-0.3, -0.25) is 0 Å². The Hall–Kier alpha value is -5.32. The van der Waals surface area contributed by atoms with Crippen molar-refractivity contribution in [3.63, 3.8) is 0 Å². The molecule has 0 spiro atoms. The van der Waals surface area contributed by atoms with Crippen LogP contribution in [0.1, 0.15) is 59.1 Å². The summed E-state index contributed by atoms with van der Waals surface area (Å²) in [6, 6.07) is 35.0. The number of benzene rings is 5. The summed E-state index contributed by atoms with van der Waals surface area (Å²) in [5, 5.41) is 26.3. The minimum Gasteiger partial charge on any atom is -0.307 e. The molecule has 2 aliphatic heterocycles. The molecule has 0 radical (unpaired) electrons. The Morgan fingerprint density at radius 2 is 0.925 bits per heavy atom. The lowest BCUT2D eigenvalue weighted by molar-refractivity contribution is 0.798. The first-order valence-corrected chi connectivity index (χ1v) is 13.7. The summed E-state index contributed by atoms with van der Waals surface area (Å²) in [6.45, 7) is 4.53. The van der Waals surface area contributed by atoms with Crippen LogP contribution in [0.2, 0.25) is 0 Å². The fourth-order valence-corrected chi connectivity index (χ4v) is 7.88. The second-order valence-electron chi connectivity index (χ2n) is 11.1. The molecule has 7 aromatic rings. The van der Waals surface area contributed by atoms with E-state index in [0.717, 1.165) is 55.3 Å². The zero-order valence-electron chi connectivity index (χ0n) is 22.0. The minimum atomic E-state index is 0.0501. The van der Waals surface area contributed by atoms with E-state index < -0.39 is 0 Å². The quantitative estimate of drug-likeness (QED) is 0.205. The Morgan fingerprint density at radius 3 is 1.35 bits per heavy atom. The van der Waals surface area contributed by atoms with Crippen LogP contribution in [0.5, 0.6) is 0 Å². The average molecular weight is 511 g/mol. The third-order valence-electron chi connectivity index (χ3n) is 9.45. The molecule has 0 amide bonds. The van der Waals surface area contributed by atoms with Crippen molar-refractivity contribution in [1.82, 2.24) is 9.13 Å². The molecule has 2 unspecified atom stereocenters. The second kappa shape index (κ2) is 7.20. The molecule has 186 valence electrons. The number of nitriles is 2. The van der Waals surface area contributed by atoms with Gasteiger partial charge in [0.05, 0.1) is 44.6 Å². The fraction of sp³-hybridized carbons (Fsp3) is 0.111. The molecule has 2 aliphatic rings. The van der Waals surface area contributed by atoms with Crippen molar-refractivity contribution in [3.8, 4) is 23.5 Å². The van der Waals surface area contributed by atoms with Crippen molar-refractivity contribution >= 4 is 43.6 Å². The molecule has 2 atom stereocenters. The summed E-state index contributed by atoms with van der Waals surface area (Å²) in [4.78, 5) is 0. The molecule has 0 aliphatic carbocycles. The van der Waals surface area contributed by atoms with Crippen molar-refractivity contribution in [2.75, 3.05) is 0 Å². The third kappa shape index (κ3) is 2.25. The van der Waals surface area contributed by atoms with Crippen molar-refractivity contribution in [2.45, 2.75) is 25.7 Å². The molecule has 9 rings (SSSR count).